The normalized spacial score (nSPS) is 12.1. The molecule has 100 valence electrons. The molecular formula is C17H21NO. The second-order valence-corrected chi connectivity index (χ2v) is 4.80. The van der Waals surface area contributed by atoms with E-state index in [0.717, 1.165) is 12.3 Å². The molecule has 2 aromatic carbocycles. The molecule has 0 saturated carbocycles. The Bertz CT molecular complexity index is 478. The van der Waals surface area contributed by atoms with Crippen LogP contribution in [0.15, 0.2) is 54.6 Å². The highest BCUT2D eigenvalue weighted by Gasteiger charge is 2.04. The number of hydrogen-bond donors (Lipinski definition) is 1. The Morgan fingerprint density at radius 3 is 2.32 bits per heavy atom. The van der Waals surface area contributed by atoms with Crippen LogP contribution in [0, 0.1) is 0 Å². The Hall–Kier alpha value is -1.80. The Morgan fingerprint density at radius 1 is 1.00 bits per heavy atom. The molecule has 2 rings (SSSR count). The van der Waals surface area contributed by atoms with Gasteiger partial charge in [-0.25, -0.2) is 0 Å². The van der Waals surface area contributed by atoms with Crippen molar-refractivity contribution in [2.24, 2.45) is 0 Å². The molecule has 0 bridgehead atoms. The largest absolute Gasteiger partial charge is 0.489 e. The highest BCUT2D eigenvalue weighted by molar-refractivity contribution is 5.29. The maximum absolute atomic E-state index is 5.77. The second-order valence-electron chi connectivity index (χ2n) is 4.80. The van der Waals surface area contributed by atoms with Crippen molar-refractivity contribution in [1.29, 1.82) is 0 Å². The summed E-state index contributed by atoms with van der Waals surface area (Å²) >= 11 is 0. The van der Waals surface area contributed by atoms with Crippen LogP contribution in [0.3, 0.4) is 0 Å². The van der Waals surface area contributed by atoms with E-state index in [2.05, 4.69) is 36.5 Å². The van der Waals surface area contributed by atoms with Crippen LogP contribution >= 0.6 is 0 Å². The van der Waals surface area contributed by atoms with Gasteiger partial charge in [-0.15, -0.1) is 0 Å². The van der Waals surface area contributed by atoms with Gasteiger partial charge in [0.05, 0.1) is 0 Å². The van der Waals surface area contributed by atoms with Crippen molar-refractivity contribution in [3.8, 4) is 5.75 Å². The predicted molar refractivity (Wildman–Crippen MR) is 79.6 cm³/mol. The van der Waals surface area contributed by atoms with Gasteiger partial charge in [0.1, 0.15) is 12.4 Å². The minimum absolute atomic E-state index is 0.521. The summed E-state index contributed by atoms with van der Waals surface area (Å²) in [7, 11) is 1.98. The van der Waals surface area contributed by atoms with Crippen molar-refractivity contribution >= 4 is 0 Å². The summed E-state index contributed by atoms with van der Waals surface area (Å²) in [5, 5.41) is 3.20. The molecule has 2 aromatic rings. The van der Waals surface area contributed by atoms with Crippen molar-refractivity contribution in [3.63, 3.8) is 0 Å². The van der Waals surface area contributed by atoms with Crippen LogP contribution in [0.25, 0.3) is 0 Å². The molecule has 0 amide bonds. The topological polar surface area (TPSA) is 21.3 Å². The SMILES string of the molecule is CNCC(C)c1ccc(OCc2ccccc2)cc1. The van der Waals surface area contributed by atoms with Crippen molar-refractivity contribution in [2.45, 2.75) is 19.4 Å². The summed E-state index contributed by atoms with van der Waals surface area (Å²) in [5.74, 6) is 1.44. The van der Waals surface area contributed by atoms with Gasteiger partial charge in [0.15, 0.2) is 0 Å². The lowest BCUT2D eigenvalue weighted by Gasteiger charge is -2.12. The maximum Gasteiger partial charge on any atom is 0.119 e. The number of nitrogens with one attached hydrogen (secondary N) is 1. The van der Waals surface area contributed by atoms with Gasteiger partial charge >= 0.3 is 0 Å². The third-order valence-electron chi connectivity index (χ3n) is 3.21. The van der Waals surface area contributed by atoms with E-state index in [9.17, 15) is 0 Å². The number of ether oxygens (including phenoxy) is 1. The number of likely N-dealkylation sites (N-methyl/N-ethyl adjacent to an activating group) is 1. The first-order valence-corrected chi connectivity index (χ1v) is 6.71. The molecule has 2 nitrogen and oxygen atoms in total. The highest BCUT2D eigenvalue weighted by Crippen LogP contribution is 2.19. The monoisotopic (exact) mass is 255 g/mol. The standard InChI is InChI=1S/C17H21NO/c1-14(12-18-2)16-8-10-17(11-9-16)19-13-15-6-4-3-5-7-15/h3-11,14,18H,12-13H2,1-2H3. The molecule has 1 unspecified atom stereocenters. The molecule has 0 spiro atoms. The Morgan fingerprint density at radius 2 is 1.68 bits per heavy atom. The molecule has 2 heteroatoms. The smallest absolute Gasteiger partial charge is 0.119 e. The quantitative estimate of drug-likeness (QED) is 0.851. The van der Waals surface area contributed by atoms with E-state index >= 15 is 0 Å². The van der Waals surface area contributed by atoms with Crippen molar-refractivity contribution in [1.82, 2.24) is 5.32 Å². The average molecular weight is 255 g/mol. The van der Waals surface area contributed by atoms with Crippen LogP contribution < -0.4 is 10.1 Å². The molecule has 1 N–H and O–H groups in total. The summed E-state index contributed by atoms with van der Waals surface area (Å²) in [5.41, 5.74) is 2.52. The van der Waals surface area contributed by atoms with Gasteiger partial charge in [-0.3, -0.25) is 0 Å². The lowest BCUT2D eigenvalue weighted by Crippen LogP contribution is -2.14. The Balaban J connectivity index is 1.92. The number of hydrogen-bond acceptors (Lipinski definition) is 2. The Labute approximate surface area is 115 Å². The van der Waals surface area contributed by atoms with Crippen molar-refractivity contribution in [2.75, 3.05) is 13.6 Å². The first-order valence-electron chi connectivity index (χ1n) is 6.71. The van der Waals surface area contributed by atoms with Crippen LogP contribution in [-0.4, -0.2) is 13.6 Å². The van der Waals surface area contributed by atoms with Gasteiger partial charge in [0.2, 0.25) is 0 Å². The maximum atomic E-state index is 5.77. The summed E-state index contributed by atoms with van der Waals surface area (Å²) < 4.78 is 5.77. The van der Waals surface area contributed by atoms with E-state index < -0.39 is 0 Å². The zero-order valence-electron chi connectivity index (χ0n) is 11.6. The fraction of sp³-hybridized carbons (Fsp3) is 0.294. The summed E-state index contributed by atoms with van der Waals surface area (Å²) in [4.78, 5) is 0. The number of rotatable bonds is 6. The molecule has 0 radical (unpaired) electrons. The van der Waals surface area contributed by atoms with Gasteiger partial charge < -0.3 is 10.1 Å². The molecular weight excluding hydrogens is 234 g/mol. The molecule has 0 saturated heterocycles. The Kier molecular flexibility index (Phi) is 4.99. The molecule has 0 fully saturated rings. The van der Waals surface area contributed by atoms with Crippen molar-refractivity contribution in [3.05, 3.63) is 65.7 Å². The fourth-order valence-corrected chi connectivity index (χ4v) is 2.06. The lowest BCUT2D eigenvalue weighted by atomic mass is 10.0. The van der Waals surface area contributed by atoms with Gasteiger partial charge in [-0.1, -0.05) is 49.4 Å². The second kappa shape index (κ2) is 6.95. The minimum atomic E-state index is 0.521. The third kappa shape index (κ3) is 4.11. The highest BCUT2D eigenvalue weighted by atomic mass is 16.5. The lowest BCUT2D eigenvalue weighted by molar-refractivity contribution is 0.306. The summed E-state index contributed by atoms with van der Waals surface area (Å²) in [6.45, 7) is 3.83. The molecule has 1 atom stereocenters. The minimum Gasteiger partial charge on any atom is -0.489 e. The molecule has 0 heterocycles. The van der Waals surface area contributed by atoms with Crippen LogP contribution in [0.4, 0.5) is 0 Å². The average Bonchev–Trinajstić information content (AvgIpc) is 2.47. The molecule has 0 aliphatic rings. The van der Waals surface area contributed by atoms with E-state index in [1.807, 2.05) is 37.4 Å². The van der Waals surface area contributed by atoms with E-state index in [1.54, 1.807) is 0 Å². The predicted octanol–water partition coefficient (Wildman–Crippen LogP) is 3.59. The zero-order valence-corrected chi connectivity index (χ0v) is 11.6. The van der Waals surface area contributed by atoms with Crippen LogP contribution in [0.1, 0.15) is 24.0 Å². The van der Waals surface area contributed by atoms with Gasteiger partial charge in [0.25, 0.3) is 0 Å². The fourth-order valence-electron chi connectivity index (χ4n) is 2.06. The number of benzene rings is 2. The molecule has 0 aromatic heterocycles. The molecule has 19 heavy (non-hydrogen) atoms. The van der Waals surface area contributed by atoms with E-state index in [-0.39, 0.29) is 0 Å². The van der Waals surface area contributed by atoms with Crippen LogP contribution in [0.2, 0.25) is 0 Å². The summed E-state index contributed by atoms with van der Waals surface area (Å²) in [6.07, 6.45) is 0. The van der Waals surface area contributed by atoms with Crippen molar-refractivity contribution < 1.29 is 4.74 Å². The van der Waals surface area contributed by atoms with Crippen LogP contribution in [0.5, 0.6) is 5.75 Å². The van der Waals surface area contributed by atoms with E-state index in [4.69, 9.17) is 4.74 Å². The third-order valence-corrected chi connectivity index (χ3v) is 3.21. The zero-order chi connectivity index (χ0) is 13.5. The van der Waals surface area contributed by atoms with Gasteiger partial charge in [0, 0.05) is 6.54 Å². The van der Waals surface area contributed by atoms with Gasteiger partial charge in [-0.2, -0.15) is 0 Å². The molecule has 0 aliphatic carbocycles. The molecule has 0 aliphatic heterocycles. The van der Waals surface area contributed by atoms with E-state index in [1.165, 1.54) is 11.1 Å². The first-order chi connectivity index (χ1) is 9.29. The van der Waals surface area contributed by atoms with E-state index in [0.29, 0.717) is 12.5 Å². The van der Waals surface area contributed by atoms with Gasteiger partial charge in [-0.05, 0) is 36.2 Å². The van der Waals surface area contributed by atoms with Crippen LogP contribution in [-0.2, 0) is 6.61 Å². The first kappa shape index (κ1) is 13.6. The summed E-state index contributed by atoms with van der Waals surface area (Å²) in [6, 6.07) is 18.6.